The highest BCUT2D eigenvalue weighted by Gasteiger charge is 2.54. The van der Waals surface area contributed by atoms with Gasteiger partial charge in [0.2, 0.25) is 5.78 Å². The molecule has 3 fully saturated rings. The number of carbonyl (C=O) groups excluding carboxylic acids is 1. The monoisotopic (exact) mass is 521 g/mol. The van der Waals surface area contributed by atoms with Crippen LogP contribution in [0.15, 0.2) is 71.9 Å². The van der Waals surface area contributed by atoms with E-state index in [-0.39, 0.29) is 11.8 Å². The van der Waals surface area contributed by atoms with Crippen molar-refractivity contribution in [2.45, 2.75) is 25.0 Å². The predicted octanol–water partition coefficient (Wildman–Crippen LogP) is 5.33. The Labute approximate surface area is 208 Å². The average Bonchev–Trinajstić information content (AvgIpc) is 2.87. The molecule has 1 N–H and O–H groups in total. The zero-order valence-corrected chi connectivity index (χ0v) is 20.9. The third kappa shape index (κ3) is 4.08. The number of pyridine rings is 1. The zero-order chi connectivity index (χ0) is 23.9. The lowest BCUT2D eigenvalue weighted by molar-refractivity contribution is -0.966. The summed E-state index contributed by atoms with van der Waals surface area (Å²) in [5, 5.41) is 12.7. The maximum atomic E-state index is 13.4. The molecule has 1 aromatic heterocycles. The molecule has 2 aromatic carbocycles. The highest BCUT2D eigenvalue weighted by molar-refractivity contribution is 9.10. The Bertz CT molecular complexity index is 1230. The standard InChI is InChI=1S/C28H30BrN2O3/c1-3-18-16-31(17-27(32)19-4-6-21(29)7-5-19)13-11-20(18)14-26(31)28(33)23-10-12-30-25-9-8-22(34-2)15-24(23)25/h3-10,12,15,18,20,26,28,33H,1,11,13-14,16-17H2,2H3/q+1/t18-,20-,26+,28+,31?/m0/s1. The van der Waals surface area contributed by atoms with Gasteiger partial charge in [-0.25, -0.2) is 0 Å². The molecule has 5 atom stereocenters. The normalized spacial score (nSPS) is 26.9. The summed E-state index contributed by atoms with van der Waals surface area (Å²) in [4.78, 5) is 17.9. The first-order valence-corrected chi connectivity index (χ1v) is 12.6. The van der Waals surface area contributed by atoms with Gasteiger partial charge in [-0.05, 0) is 47.9 Å². The number of aliphatic hydroxyl groups is 1. The fraction of sp³-hybridized carbons (Fsp3) is 0.357. The maximum Gasteiger partial charge on any atom is 0.216 e. The van der Waals surface area contributed by atoms with E-state index >= 15 is 0 Å². The van der Waals surface area contributed by atoms with E-state index in [9.17, 15) is 9.90 Å². The number of fused-ring (bicyclic) bond motifs is 4. The average molecular weight is 522 g/mol. The third-order valence-corrected chi connectivity index (χ3v) is 8.49. The number of aromatic nitrogens is 1. The number of ketones is 1. The highest BCUT2D eigenvalue weighted by Crippen LogP contribution is 2.47. The van der Waals surface area contributed by atoms with Crippen LogP contribution in [-0.2, 0) is 0 Å². The molecule has 6 rings (SSSR count). The van der Waals surface area contributed by atoms with Crippen LogP contribution in [0.1, 0.15) is 34.9 Å². The summed E-state index contributed by atoms with van der Waals surface area (Å²) in [6.07, 6.45) is 5.03. The summed E-state index contributed by atoms with van der Waals surface area (Å²) in [5.74, 6) is 1.71. The molecule has 34 heavy (non-hydrogen) atoms. The summed E-state index contributed by atoms with van der Waals surface area (Å²) >= 11 is 3.45. The van der Waals surface area contributed by atoms with E-state index in [1.165, 1.54) is 0 Å². The lowest BCUT2D eigenvalue weighted by Crippen LogP contribution is -2.69. The van der Waals surface area contributed by atoms with Gasteiger partial charge in [-0.3, -0.25) is 9.78 Å². The second-order valence-corrected chi connectivity index (χ2v) is 10.6. The maximum absolute atomic E-state index is 13.4. The molecule has 0 spiro atoms. The predicted molar refractivity (Wildman–Crippen MR) is 137 cm³/mol. The van der Waals surface area contributed by atoms with E-state index < -0.39 is 6.10 Å². The van der Waals surface area contributed by atoms with Gasteiger partial charge in [-0.1, -0.05) is 34.1 Å². The number of methoxy groups -OCH3 is 1. The van der Waals surface area contributed by atoms with Crippen LogP contribution in [0.2, 0.25) is 0 Å². The number of quaternary nitrogens is 1. The second kappa shape index (κ2) is 9.25. The zero-order valence-electron chi connectivity index (χ0n) is 19.4. The Morgan fingerprint density at radius 2 is 2.09 bits per heavy atom. The van der Waals surface area contributed by atoms with Gasteiger partial charge >= 0.3 is 0 Å². The quantitative estimate of drug-likeness (QED) is 0.259. The highest BCUT2D eigenvalue weighted by atomic mass is 79.9. The molecule has 1 unspecified atom stereocenters. The van der Waals surface area contributed by atoms with Gasteiger partial charge in [0.05, 0.1) is 25.7 Å². The smallest absolute Gasteiger partial charge is 0.216 e. The van der Waals surface area contributed by atoms with Crippen LogP contribution >= 0.6 is 15.9 Å². The third-order valence-electron chi connectivity index (χ3n) is 7.97. The number of aliphatic hydroxyl groups excluding tert-OH is 1. The number of benzene rings is 2. The molecular formula is C28H30BrN2O3+. The van der Waals surface area contributed by atoms with Crippen molar-refractivity contribution in [2.24, 2.45) is 11.8 Å². The number of halogens is 1. The molecule has 0 saturated carbocycles. The number of hydrogen-bond donors (Lipinski definition) is 1. The second-order valence-electron chi connectivity index (χ2n) is 9.69. The molecule has 3 aliphatic rings. The molecule has 2 bridgehead atoms. The van der Waals surface area contributed by atoms with Gasteiger partial charge in [0, 0.05) is 40.4 Å². The number of Topliss-reactive ketones (excluding diaryl/α,β-unsaturated/α-hetero) is 1. The molecule has 0 radical (unpaired) electrons. The summed E-state index contributed by atoms with van der Waals surface area (Å²) in [6.45, 7) is 6.20. The molecule has 3 aliphatic heterocycles. The van der Waals surface area contributed by atoms with Crippen LogP contribution in [0.3, 0.4) is 0 Å². The Hall–Kier alpha value is -2.54. The van der Waals surface area contributed by atoms with Crippen molar-refractivity contribution in [3.8, 4) is 5.75 Å². The van der Waals surface area contributed by atoms with Crippen LogP contribution in [-0.4, -0.2) is 53.1 Å². The molecule has 5 nitrogen and oxygen atoms in total. The molecule has 3 saturated heterocycles. The van der Waals surface area contributed by atoms with E-state index in [4.69, 9.17) is 4.74 Å². The van der Waals surface area contributed by atoms with Gasteiger partial charge in [0.25, 0.3) is 0 Å². The van der Waals surface area contributed by atoms with Crippen molar-refractivity contribution in [1.82, 2.24) is 4.98 Å². The lowest BCUT2D eigenvalue weighted by atomic mass is 9.71. The summed E-state index contributed by atoms with van der Waals surface area (Å²) in [5.41, 5.74) is 2.39. The van der Waals surface area contributed by atoms with Crippen LogP contribution in [0, 0.1) is 11.8 Å². The number of hydrogen-bond acceptors (Lipinski definition) is 4. The Morgan fingerprint density at radius 1 is 1.29 bits per heavy atom. The lowest BCUT2D eigenvalue weighted by Gasteiger charge is -2.57. The minimum absolute atomic E-state index is 0.0638. The molecule has 0 aliphatic carbocycles. The SMILES string of the molecule is C=C[C@H]1C[N+]2(CC(=O)c3ccc(Br)cc3)CC[C@H]1C[C@@H]2[C@H](O)c1ccnc2ccc(OC)cc12. The van der Waals surface area contributed by atoms with E-state index in [2.05, 4.69) is 33.6 Å². The topological polar surface area (TPSA) is 59.4 Å². The molecule has 4 heterocycles. The number of rotatable bonds is 7. The van der Waals surface area contributed by atoms with Crippen molar-refractivity contribution in [2.75, 3.05) is 26.7 Å². The molecule has 6 heteroatoms. The van der Waals surface area contributed by atoms with Crippen LogP contribution in [0.4, 0.5) is 0 Å². The molecule has 176 valence electrons. The van der Waals surface area contributed by atoms with Crippen molar-refractivity contribution < 1.29 is 19.1 Å². The minimum atomic E-state index is -0.705. The number of carbonyl (C=O) groups is 1. The Kier molecular flexibility index (Phi) is 6.32. The van der Waals surface area contributed by atoms with E-state index in [1.807, 2.05) is 48.5 Å². The van der Waals surface area contributed by atoms with Crippen molar-refractivity contribution in [3.63, 3.8) is 0 Å². The summed E-state index contributed by atoms with van der Waals surface area (Å²) in [7, 11) is 1.64. The van der Waals surface area contributed by atoms with Gasteiger partial charge in [0.15, 0.2) is 0 Å². The van der Waals surface area contributed by atoms with E-state index in [1.54, 1.807) is 13.3 Å². The Morgan fingerprint density at radius 3 is 2.82 bits per heavy atom. The first-order chi connectivity index (χ1) is 16.4. The van der Waals surface area contributed by atoms with Crippen molar-refractivity contribution >= 4 is 32.6 Å². The molecule has 0 amide bonds. The van der Waals surface area contributed by atoms with Gasteiger partial charge in [-0.15, -0.1) is 6.58 Å². The first-order valence-electron chi connectivity index (χ1n) is 11.8. The fourth-order valence-corrected chi connectivity index (χ4v) is 6.40. The van der Waals surface area contributed by atoms with Gasteiger partial charge in [-0.2, -0.15) is 0 Å². The molecule has 3 aromatic rings. The van der Waals surface area contributed by atoms with Crippen LogP contribution in [0.25, 0.3) is 10.9 Å². The first kappa shape index (κ1) is 23.2. The van der Waals surface area contributed by atoms with Crippen molar-refractivity contribution in [1.29, 1.82) is 0 Å². The summed E-state index contributed by atoms with van der Waals surface area (Å²) in [6, 6.07) is 15.2. The number of ether oxygens (including phenoxy) is 1. The number of piperidine rings is 3. The van der Waals surface area contributed by atoms with Gasteiger partial charge < -0.3 is 14.3 Å². The van der Waals surface area contributed by atoms with Crippen molar-refractivity contribution in [3.05, 3.63) is 83.0 Å². The van der Waals surface area contributed by atoms with E-state index in [0.29, 0.717) is 28.4 Å². The molecular weight excluding hydrogens is 492 g/mol. The summed E-state index contributed by atoms with van der Waals surface area (Å²) < 4.78 is 6.99. The Balaban J connectivity index is 1.53. The van der Waals surface area contributed by atoms with Crippen LogP contribution in [0.5, 0.6) is 5.75 Å². The van der Waals surface area contributed by atoms with Gasteiger partial charge in [0.1, 0.15) is 24.4 Å². The van der Waals surface area contributed by atoms with E-state index in [0.717, 1.165) is 52.6 Å². The van der Waals surface area contributed by atoms with Crippen LogP contribution < -0.4 is 4.74 Å². The fourth-order valence-electron chi connectivity index (χ4n) is 6.13. The number of nitrogens with zero attached hydrogens (tertiary/aromatic N) is 2. The minimum Gasteiger partial charge on any atom is -0.497 e. The largest absolute Gasteiger partial charge is 0.497 e.